The Kier molecular flexibility index (Phi) is 6.23. The van der Waals surface area contributed by atoms with Gasteiger partial charge in [-0.2, -0.15) is 0 Å². The molecule has 1 saturated heterocycles. The standard InChI is InChI=1S/C19H15I2N3O4/c1-10-3-2-4-12(5-10)22-16(25)9-24-18(27)15(23-19(24)28)8-11-6-13(20)17(26)14(21)7-11/h2-8,26H,9H2,1H3,(H,22,25)(H,23,28)/b15-8+. The van der Waals surface area contributed by atoms with Crippen molar-refractivity contribution in [2.45, 2.75) is 6.92 Å². The zero-order chi connectivity index (χ0) is 20.4. The molecular formula is C19H15I2N3O4. The topological polar surface area (TPSA) is 98.7 Å². The third-order valence-electron chi connectivity index (χ3n) is 3.92. The number of amides is 4. The van der Waals surface area contributed by atoms with E-state index in [1.807, 2.05) is 58.2 Å². The van der Waals surface area contributed by atoms with Gasteiger partial charge in [0.2, 0.25) is 5.91 Å². The second kappa shape index (κ2) is 8.47. The molecular weight excluding hydrogens is 588 g/mol. The molecule has 1 aliphatic heterocycles. The Balaban J connectivity index is 1.73. The normalized spacial score (nSPS) is 15.1. The smallest absolute Gasteiger partial charge is 0.329 e. The number of hydrogen-bond acceptors (Lipinski definition) is 4. The van der Waals surface area contributed by atoms with Gasteiger partial charge in [0.25, 0.3) is 5.91 Å². The molecule has 0 aliphatic carbocycles. The number of benzene rings is 2. The van der Waals surface area contributed by atoms with Crippen LogP contribution in [0.2, 0.25) is 0 Å². The highest BCUT2D eigenvalue weighted by molar-refractivity contribution is 14.1. The molecule has 3 rings (SSSR count). The SMILES string of the molecule is Cc1cccc(NC(=O)CN2C(=O)N/C(=C/c3cc(I)c(O)c(I)c3)C2=O)c1. The monoisotopic (exact) mass is 603 g/mol. The number of imide groups is 1. The lowest BCUT2D eigenvalue weighted by Gasteiger charge is -2.12. The molecule has 0 aromatic heterocycles. The molecule has 4 amide bonds. The molecule has 0 unspecified atom stereocenters. The number of aromatic hydroxyl groups is 1. The first kappa shape index (κ1) is 20.6. The van der Waals surface area contributed by atoms with Crippen LogP contribution in [0.15, 0.2) is 42.1 Å². The molecule has 1 aliphatic rings. The quantitative estimate of drug-likeness (QED) is 0.284. The van der Waals surface area contributed by atoms with Gasteiger partial charge >= 0.3 is 6.03 Å². The molecule has 0 spiro atoms. The summed E-state index contributed by atoms with van der Waals surface area (Å²) >= 11 is 3.97. The third-order valence-corrected chi connectivity index (χ3v) is 5.56. The lowest BCUT2D eigenvalue weighted by molar-refractivity contribution is -0.127. The minimum absolute atomic E-state index is 0.0747. The van der Waals surface area contributed by atoms with Gasteiger partial charge in [0, 0.05) is 5.69 Å². The molecule has 1 heterocycles. The van der Waals surface area contributed by atoms with Gasteiger partial charge in [-0.15, -0.1) is 0 Å². The molecule has 2 aromatic carbocycles. The van der Waals surface area contributed by atoms with E-state index in [9.17, 15) is 19.5 Å². The van der Waals surface area contributed by atoms with Gasteiger partial charge in [0.05, 0.1) is 7.14 Å². The van der Waals surface area contributed by atoms with E-state index in [2.05, 4.69) is 10.6 Å². The molecule has 9 heteroatoms. The van der Waals surface area contributed by atoms with Crippen LogP contribution < -0.4 is 10.6 Å². The Bertz CT molecular complexity index is 997. The average molecular weight is 603 g/mol. The van der Waals surface area contributed by atoms with Crippen molar-refractivity contribution in [3.05, 3.63) is 60.4 Å². The van der Waals surface area contributed by atoms with Crippen LogP contribution in [0.3, 0.4) is 0 Å². The van der Waals surface area contributed by atoms with E-state index in [1.54, 1.807) is 30.3 Å². The highest BCUT2D eigenvalue weighted by Crippen LogP contribution is 2.28. The maximum Gasteiger partial charge on any atom is 0.329 e. The summed E-state index contributed by atoms with van der Waals surface area (Å²) in [6.45, 7) is 1.51. The fourth-order valence-corrected chi connectivity index (χ4v) is 4.43. The molecule has 28 heavy (non-hydrogen) atoms. The van der Waals surface area contributed by atoms with Gasteiger partial charge in [-0.3, -0.25) is 9.59 Å². The fourth-order valence-electron chi connectivity index (χ4n) is 2.62. The molecule has 1 fully saturated rings. The van der Waals surface area contributed by atoms with Crippen molar-refractivity contribution >= 4 is 74.8 Å². The molecule has 0 atom stereocenters. The Morgan fingerprint density at radius 1 is 1.21 bits per heavy atom. The maximum absolute atomic E-state index is 12.5. The Morgan fingerprint density at radius 2 is 1.89 bits per heavy atom. The van der Waals surface area contributed by atoms with Crippen LogP contribution in [-0.2, 0) is 9.59 Å². The summed E-state index contributed by atoms with van der Waals surface area (Å²) in [7, 11) is 0. The van der Waals surface area contributed by atoms with E-state index in [4.69, 9.17) is 0 Å². The zero-order valence-corrected chi connectivity index (χ0v) is 18.9. The predicted molar refractivity (Wildman–Crippen MR) is 122 cm³/mol. The van der Waals surface area contributed by atoms with Crippen LogP contribution in [0.5, 0.6) is 5.75 Å². The summed E-state index contributed by atoms with van der Waals surface area (Å²) in [5, 5.41) is 15.0. The summed E-state index contributed by atoms with van der Waals surface area (Å²) in [4.78, 5) is 37.8. The van der Waals surface area contributed by atoms with Gasteiger partial charge in [-0.1, -0.05) is 12.1 Å². The lowest BCUT2D eigenvalue weighted by atomic mass is 10.2. The minimum atomic E-state index is -0.654. The number of carbonyl (C=O) groups excluding carboxylic acids is 3. The van der Waals surface area contributed by atoms with E-state index >= 15 is 0 Å². The van der Waals surface area contributed by atoms with Crippen LogP contribution in [-0.4, -0.2) is 34.4 Å². The number of nitrogens with zero attached hydrogens (tertiary/aromatic N) is 1. The molecule has 3 N–H and O–H groups in total. The van der Waals surface area contributed by atoms with E-state index in [1.165, 1.54) is 6.08 Å². The van der Waals surface area contributed by atoms with Crippen molar-refractivity contribution in [1.82, 2.24) is 10.2 Å². The van der Waals surface area contributed by atoms with Gasteiger partial charge < -0.3 is 15.7 Å². The Labute approximate surface area is 188 Å². The zero-order valence-electron chi connectivity index (χ0n) is 14.6. The molecule has 0 saturated carbocycles. The van der Waals surface area contributed by atoms with Crippen LogP contribution in [0.4, 0.5) is 10.5 Å². The second-order valence-electron chi connectivity index (χ2n) is 6.13. The maximum atomic E-state index is 12.5. The summed E-state index contributed by atoms with van der Waals surface area (Å²) in [6.07, 6.45) is 1.52. The van der Waals surface area contributed by atoms with Crippen LogP contribution in [0.25, 0.3) is 6.08 Å². The van der Waals surface area contributed by atoms with Crippen LogP contribution >= 0.6 is 45.2 Å². The number of hydrogen-bond donors (Lipinski definition) is 3. The third kappa shape index (κ3) is 4.63. The Hall–Kier alpha value is -2.15. The van der Waals surface area contributed by atoms with E-state index in [0.717, 1.165) is 10.5 Å². The second-order valence-corrected chi connectivity index (χ2v) is 8.45. The first-order valence-corrected chi connectivity index (χ1v) is 10.3. The van der Waals surface area contributed by atoms with Crippen LogP contribution in [0, 0.1) is 14.1 Å². The number of phenols is 1. The fraction of sp³-hybridized carbons (Fsp3) is 0.105. The van der Waals surface area contributed by atoms with E-state index < -0.39 is 17.8 Å². The predicted octanol–water partition coefficient (Wildman–Crippen LogP) is 3.44. The minimum Gasteiger partial charge on any atom is -0.506 e. The van der Waals surface area contributed by atoms with Gasteiger partial charge in [0.1, 0.15) is 18.0 Å². The number of rotatable bonds is 4. The first-order valence-electron chi connectivity index (χ1n) is 8.13. The van der Waals surface area contributed by atoms with Crippen molar-refractivity contribution < 1.29 is 19.5 Å². The molecule has 0 bridgehead atoms. The van der Waals surface area contributed by atoms with Gasteiger partial charge in [-0.25, -0.2) is 9.69 Å². The molecule has 0 radical (unpaired) electrons. The van der Waals surface area contributed by atoms with Gasteiger partial charge in [-0.05, 0) is 93.6 Å². The number of aryl methyl sites for hydroxylation is 1. The summed E-state index contributed by atoms with van der Waals surface area (Å²) < 4.78 is 1.25. The van der Waals surface area contributed by atoms with Crippen molar-refractivity contribution in [3.63, 3.8) is 0 Å². The lowest BCUT2D eigenvalue weighted by Crippen LogP contribution is -2.38. The van der Waals surface area contributed by atoms with Crippen molar-refractivity contribution in [3.8, 4) is 5.75 Å². The van der Waals surface area contributed by atoms with E-state index in [0.29, 0.717) is 18.4 Å². The average Bonchev–Trinajstić information content (AvgIpc) is 2.87. The van der Waals surface area contributed by atoms with Crippen LogP contribution in [0.1, 0.15) is 11.1 Å². The first-order chi connectivity index (χ1) is 13.2. The highest BCUT2D eigenvalue weighted by Gasteiger charge is 2.35. The van der Waals surface area contributed by atoms with E-state index in [-0.39, 0.29) is 18.0 Å². The highest BCUT2D eigenvalue weighted by atomic mass is 127. The number of urea groups is 1. The number of carbonyl (C=O) groups is 3. The van der Waals surface area contributed by atoms with Crippen molar-refractivity contribution in [1.29, 1.82) is 0 Å². The summed E-state index contributed by atoms with van der Waals surface area (Å²) in [5.41, 5.74) is 2.31. The number of anilines is 1. The molecule has 2 aromatic rings. The number of phenolic OH excluding ortho intramolecular Hbond substituents is 1. The number of halogens is 2. The number of nitrogens with one attached hydrogen (secondary N) is 2. The van der Waals surface area contributed by atoms with Crippen molar-refractivity contribution in [2.75, 3.05) is 11.9 Å². The largest absolute Gasteiger partial charge is 0.506 e. The molecule has 7 nitrogen and oxygen atoms in total. The van der Waals surface area contributed by atoms with Crippen molar-refractivity contribution in [2.24, 2.45) is 0 Å². The molecule has 144 valence electrons. The van der Waals surface area contributed by atoms with Gasteiger partial charge in [0.15, 0.2) is 0 Å². The summed E-state index contributed by atoms with van der Waals surface area (Å²) in [6, 6.07) is 9.96. The summed E-state index contributed by atoms with van der Waals surface area (Å²) in [5.74, 6) is -0.883. The Morgan fingerprint density at radius 3 is 2.54 bits per heavy atom.